The first-order chi connectivity index (χ1) is 14.8. The lowest BCUT2D eigenvalue weighted by atomic mass is 10.3. The first kappa shape index (κ1) is 19.6. The quantitative estimate of drug-likeness (QED) is 0.404. The standard InChI is InChI=1S/C24H24N2O4/c1-27-18-10-12-19(13-11-18)30-17-24-25-22-8-3-4-9-23(22)26(24)14-15-29-21-7-5-6-20(16-21)28-2/h3-13,16H,14-15,17H2,1-2H3. The Bertz CT molecular complexity index is 1110. The first-order valence-corrected chi connectivity index (χ1v) is 9.74. The highest BCUT2D eigenvalue weighted by Gasteiger charge is 2.11. The molecule has 30 heavy (non-hydrogen) atoms. The summed E-state index contributed by atoms with van der Waals surface area (Å²) in [6.45, 7) is 1.52. The minimum atomic E-state index is 0.361. The van der Waals surface area contributed by atoms with E-state index in [0.717, 1.165) is 39.9 Å². The number of ether oxygens (including phenoxy) is 4. The smallest absolute Gasteiger partial charge is 0.148 e. The average molecular weight is 404 g/mol. The van der Waals surface area contributed by atoms with Gasteiger partial charge in [-0.15, -0.1) is 0 Å². The molecule has 0 amide bonds. The molecule has 0 spiro atoms. The van der Waals surface area contributed by atoms with E-state index in [2.05, 4.69) is 10.6 Å². The van der Waals surface area contributed by atoms with Crippen molar-refractivity contribution in [1.29, 1.82) is 0 Å². The van der Waals surface area contributed by atoms with Crippen LogP contribution in [0, 0.1) is 0 Å². The lowest BCUT2D eigenvalue weighted by Crippen LogP contribution is -2.13. The molecule has 0 fully saturated rings. The van der Waals surface area contributed by atoms with Crippen LogP contribution in [-0.4, -0.2) is 30.4 Å². The van der Waals surface area contributed by atoms with E-state index in [-0.39, 0.29) is 0 Å². The molecular formula is C24H24N2O4. The van der Waals surface area contributed by atoms with Gasteiger partial charge in [0.25, 0.3) is 0 Å². The number of imidazole rings is 1. The van der Waals surface area contributed by atoms with Gasteiger partial charge in [0.05, 0.1) is 31.8 Å². The number of para-hydroxylation sites is 2. The van der Waals surface area contributed by atoms with Crippen LogP contribution in [0.3, 0.4) is 0 Å². The number of aromatic nitrogens is 2. The Balaban J connectivity index is 1.48. The third-order valence-electron chi connectivity index (χ3n) is 4.79. The molecule has 4 rings (SSSR count). The van der Waals surface area contributed by atoms with Crippen LogP contribution in [0.25, 0.3) is 11.0 Å². The zero-order valence-corrected chi connectivity index (χ0v) is 17.1. The van der Waals surface area contributed by atoms with Gasteiger partial charge in [-0.2, -0.15) is 0 Å². The van der Waals surface area contributed by atoms with Crippen molar-refractivity contribution in [3.8, 4) is 23.0 Å². The molecule has 0 aliphatic heterocycles. The molecule has 0 aliphatic rings. The molecule has 0 bridgehead atoms. The number of hydrogen-bond donors (Lipinski definition) is 0. The Morgan fingerprint density at radius 1 is 0.733 bits per heavy atom. The molecule has 0 aliphatic carbocycles. The van der Waals surface area contributed by atoms with E-state index in [4.69, 9.17) is 23.9 Å². The monoisotopic (exact) mass is 404 g/mol. The fourth-order valence-corrected chi connectivity index (χ4v) is 3.25. The zero-order chi connectivity index (χ0) is 20.8. The highest BCUT2D eigenvalue weighted by atomic mass is 16.5. The van der Waals surface area contributed by atoms with E-state index >= 15 is 0 Å². The maximum Gasteiger partial charge on any atom is 0.148 e. The van der Waals surface area contributed by atoms with Crippen LogP contribution < -0.4 is 18.9 Å². The number of fused-ring (bicyclic) bond motifs is 1. The molecule has 0 atom stereocenters. The van der Waals surface area contributed by atoms with Crippen molar-refractivity contribution in [2.24, 2.45) is 0 Å². The average Bonchev–Trinajstić information content (AvgIpc) is 3.16. The highest BCUT2D eigenvalue weighted by Crippen LogP contribution is 2.22. The Kier molecular flexibility index (Phi) is 6.03. The Morgan fingerprint density at radius 2 is 1.47 bits per heavy atom. The van der Waals surface area contributed by atoms with Gasteiger partial charge in [0.15, 0.2) is 0 Å². The molecule has 1 aromatic heterocycles. The van der Waals surface area contributed by atoms with E-state index in [0.29, 0.717) is 19.8 Å². The van der Waals surface area contributed by atoms with E-state index < -0.39 is 0 Å². The van der Waals surface area contributed by atoms with Crippen LogP contribution >= 0.6 is 0 Å². The Morgan fingerprint density at radius 3 is 2.27 bits per heavy atom. The van der Waals surface area contributed by atoms with Gasteiger partial charge in [0.2, 0.25) is 0 Å². The minimum Gasteiger partial charge on any atom is -0.497 e. The highest BCUT2D eigenvalue weighted by molar-refractivity contribution is 5.75. The molecule has 0 N–H and O–H groups in total. The summed E-state index contributed by atoms with van der Waals surface area (Å²) in [6.07, 6.45) is 0. The second-order valence-electron chi connectivity index (χ2n) is 6.66. The van der Waals surface area contributed by atoms with Crippen molar-refractivity contribution in [3.63, 3.8) is 0 Å². The molecule has 6 heteroatoms. The lowest BCUT2D eigenvalue weighted by Gasteiger charge is -2.12. The molecule has 4 aromatic rings. The molecule has 154 valence electrons. The van der Waals surface area contributed by atoms with E-state index in [1.807, 2.05) is 66.7 Å². The molecule has 0 unspecified atom stereocenters. The van der Waals surface area contributed by atoms with Crippen molar-refractivity contribution in [2.75, 3.05) is 20.8 Å². The van der Waals surface area contributed by atoms with Crippen molar-refractivity contribution >= 4 is 11.0 Å². The van der Waals surface area contributed by atoms with E-state index in [1.54, 1.807) is 14.2 Å². The maximum atomic E-state index is 5.96. The van der Waals surface area contributed by atoms with Crippen molar-refractivity contribution in [2.45, 2.75) is 13.2 Å². The molecule has 0 saturated carbocycles. The largest absolute Gasteiger partial charge is 0.497 e. The maximum absolute atomic E-state index is 5.96. The second-order valence-corrected chi connectivity index (χ2v) is 6.66. The van der Waals surface area contributed by atoms with Gasteiger partial charge < -0.3 is 23.5 Å². The van der Waals surface area contributed by atoms with Gasteiger partial charge in [0.1, 0.15) is 42.0 Å². The molecule has 1 heterocycles. The fraction of sp³-hybridized carbons (Fsp3) is 0.208. The summed E-state index contributed by atoms with van der Waals surface area (Å²) in [7, 11) is 3.29. The van der Waals surface area contributed by atoms with Crippen LogP contribution in [0.2, 0.25) is 0 Å². The topological polar surface area (TPSA) is 54.7 Å². The van der Waals surface area contributed by atoms with Gasteiger partial charge in [-0.1, -0.05) is 18.2 Å². The van der Waals surface area contributed by atoms with Gasteiger partial charge in [-0.05, 0) is 48.5 Å². The van der Waals surface area contributed by atoms with Gasteiger partial charge >= 0.3 is 0 Å². The van der Waals surface area contributed by atoms with E-state index in [9.17, 15) is 0 Å². The minimum absolute atomic E-state index is 0.361. The molecule has 3 aromatic carbocycles. The molecular weight excluding hydrogens is 380 g/mol. The van der Waals surface area contributed by atoms with Gasteiger partial charge in [0, 0.05) is 6.07 Å². The zero-order valence-electron chi connectivity index (χ0n) is 17.1. The van der Waals surface area contributed by atoms with Crippen LogP contribution in [0.1, 0.15) is 5.82 Å². The fourth-order valence-electron chi connectivity index (χ4n) is 3.25. The Hall–Kier alpha value is -3.67. The van der Waals surface area contributed by atoms with Crippen LogP contribution in [-0.2, 0) is 13.2 Å². The first-order valence-electron chi connectivity index (χ1n) is 9.74. The second kappa shape index (κ2) is 9.22. The molecule has 6 nitrogen and oxygen atoms in total. The van der Waals surface area contributed by atoms with E-state index in [1.165, 1.54) is 0 Å². The summed E-state index contributed by atoms with van der Waals surface area (Å²) in [5.41, 5.74) is 1.99. The van der Waals surface area contributed by atoms with Crippen LogP contribution in [0.5, 0.6) is 23.0 Å². The normalized spacial score (nSPS) is 10.7. The summed E-state index contributed by atoms with van der Waals surface area (Å²) in [5, 5.41) is 0. The lowest BCUT2D eigenvalue weighted by molar-refractivity contribution is 0.271. The van der Waals surface area contributed by atoms with Gasteiger partial charge in [-0.3, -0.25) is 0 Å². The van der Waals surface area contributed by atoms with Crippen LogP contribution in [0.4, 0.5) is 0 Å². The van der Waals surface area contributed by atoms with Crippen molar-refractivity contribution < 1.29 is 18.9 Å². The predicted molar refractivity (Wildman–Crippen MR) is 116 cm³/mol. The summed E-state index contributed by atoms with van der Waals surface area (Å²) < 4.78 is 24.5. The number of methoxy groups -OCH3 is 2. The van der Waals surface area contributed by atoms with Crippen molar-refractivity contribution in [3.05, 3.63) is 78.6 Å². The third-order valence-corrected chi connectivity index (χ3v) is 4.79. The molecule has 0 saturated heterocycles. The predicted octanol–water partition coefficient (Wildman–Crippen LogP) is 4.71. The van der Waals surface area contributed by atoms with Crippen molar-refractivity contribution in [1.82, 2.24) is 9.55 Å². The Labute approximate surface area is 175 Å². The summed E-state index contributed by atoms with van der Waals surface area (Å²) >= 11 is 0. The number of benzene rings is 3. The number of rotatable bonds is 9. The van der Waals surface area contributed by atoms with Gasteiger partial charge in [-0.25, -0.2) is 4.98 Å². The molecule has 0 radical (unpaired) electrons. The number of nitrogens with zero attached hydrogens (tertiary/aromatic N) is 2. The summed E-state index contributed by atoms with van der Waals surface area (Å²) in [4.78, 5) is 4.75. The van der Waals surface area contributed by atoms with Crippen LogP contribution in [0.15, 0.2) is 72.8 Å². The SMILES string of the molecule is COc1ccc(OCc2nc3ccccc3n2CCOc2cccc(OC)c2)cc1. The third kappa shape index (κ3) is 4.49. The summed E-state index contributed by atoms with van der Waals surface area (Å²) in [5.74, 6) is 3.96. The number of hydrogen-bond acceptors (Lipinski definition) is 5. The summed E-state index contributed by atoms with van der Waals surface area (Å²) in [6, 6.07) is 23.2.